The third-order valence-electron chi connectivity index (χ3n) is 20.6. The van der Waals surface area contributed by atoms with Gasteiger partial charge in [0, 0.05) is 61.1 Å². The van der Waals surface area contributed by atoms with Gasteiger partial charge in [0.15, 0.2) is 5.78 Å². The van der Waals surface area contributed by atoms with Crippen LogP contribution in [0.1, 0.15) is 133 Å². The lowest BCUT2D eigenvalue weighted by atomic mass is 9.99. The van der Waals surface area contributed by atoms with Crippen molar-refractivity contribution in [2.75, 3.05) is 51.7 Å². The zero-order valence-corrected chi connectivity index (χ0v) is 73.0. The number of hydrogen-bond acceptors (Lipinski definition) is 28. The molecule has 3 aromatic rings. The number of benzene rings is 3. The molecule has 6 unspecified atom stereocenters. The number of anilines is 1. The number of Topliss-reactive ketones (excluding diaryl/α,β-unsaturated/α-hetero) is 1. The fourth-order valence-electron chi connectivity index (χ4n) is 13.7. The van der Waals surface area contributed by atoms with Crippen molar-refractivity contribution in [2.45, 2.75) is 221 Å². The normalized spacial score (nSPS) is 23.4. The second-order valence-electron chi connectivity index (χ2n) is 32.0. The highest BCUT2D eigenvalue weighted by Crippen LogP contribution is 2.26. The molecule has 0 saturated carbocycles. The molecule has 3 aliphatic heterocycles. The number of nitrogens with one attached hydrogen (secondary N) is 14. The number of carboxylic acid groups (broad SMARTS) is 2. The number of aliphatic hydroxyl groups excluding tert-OH is 6. The number of nitrogens with two attached hydrogens (primary N) is 2. The van der Waals surface area contributed by atoms with E-state index in [1.165, 1.54) is 85.8 Å². The number of rotatable bonds is 36. The Labute approximate surface area is 751 Å². The zero-order valence-electron chi connectivity index (χ0n) is 72.2. The van der Waals surface area contributed by atoms with E-state index in [0.29, 0.717) is 0 Å². The Hall–Kier alpha value is -12.6. The summed E-state index contributed by atoms with van der Waals surface area (Å²) in [4.78, 5) is 255. The molecular weight excluding hydrogens is 1730 g/mol. The van der Waals surface area contributed by atoms with Crippen LogP contribution in [0.3, 0.4) is 0 Å². The number of hydrogen-bond donors (Lipinski definition) is 24. The minimum absolute atomic E-state index is 0.0225. The van der Waals surface area contributed by atoms with Crippen LogP contribution in [0.5, 0.6) is 5.75 Å². The Kier molecular flexibility index (Phi) is 42.6. The standard InChI is InChI=1S/C84H116ClN17O28/c1-41(2)14-10-11-19-63(108)88-28-26-64(109)93-51(17-12-27-86)75(120)96-55(33-59(104)46-15-8-7-9-16-46)79(124)101-70(61(106)36-68(114)115)82(127)99-53(31-45-20-23-48(24-21-45)130-84-72(117)71(116)62(107)40-129-84)78(123)100-69-43(5)91-80(125)58-18-13-29-102(58)83(128)44(6)92-76(121)54(34-60(105)49-25-22-47(85)32-50(49)87)94-65(110)37-90-74(119)57(39-103)95-66(111)38-89-73(118)56(35-67(112)113)97-77(122)52(30-42(3)4)98-81(69)126/h7-11,14-16,19-25,32,41-44,51-59,61-62,69-72,84,103-104,106-107,116-117H,12-13,17-18,26-31,33-40,86-87H2,1-6H3,(H,88,108)(H,89,118)(H,90,119)(H,91,125)(H,92,121)(H,93,109)(H,94,110)(H,95,111)(H,96,120)(H,97,122)(H,98,126)(H,99,127)(H,100,123)(H,101,124)(H,112,113)(H,114,115)/b14-10+,19-11-/t43?,44-,51+,52+,53-,54-,55?,56-,57-,58-,59?,61?,62-,69?,70?,71-,72+,84-/m0/s1. The average molecular weight is 1850 g/mol. The molecule has 26 N–H and O–H groups in total. The number of allylic oxidation sites excluding steroid dienone is 3. The number of ether oxygens (including phenoxy) is 2. The van der Waals surface area contributed by atoms with Crippen LogP contribution in [0.2, 0.25) is 5.02 Å². The molecule has 6 rings (SSSR count). The van der Waals surface area contributed by atoms with Crippen molar-refractivity contribution in [3.05, 3.63) is 119 Å². The Morgan fingerprint density at radius 2 is 1.29 bits per heavy atom. The SMILES string of the molecule is CC(C)/C=C/C=C\C(=O)NCCC(=O)N[C@H](CCCN)C(=O)NC(CC(O)c1ccccc1)C(=O)NC(C(=O)N[C@@H](Cc1ccc(O[C@@H]2OC[C@H](O)[C@H](O)[C@H]2O)cc1)C(=O)NC1C(=O)N[C@H](CC(C)C)C(=O)N[C@@H](CC(=O)O)C(=O)NCC(=O)N[C@@H](CO)C(=O)NCC(=O)N[C@@H](CC(=O)c2ccc(Cl)cc2N)C(=O)N[C@@H](C)C(=O)N2CCC[C@H]2C(=O)NC1C)C(O)CC(=O)O. The Balaban J connectivity index is 1.45. The molecule has 3 fully saturated rings. The van der Waals surface area contributed by atoms with Crippen LogP contribution in [0.4, 0.5) is 5.69 Å². The molecule has 15 amide bonds. The van der Waals surface area contributed by atoms with Crippen molar-refractivity contribution < 1.29 is 137 Å². The van der Waals surface area contributed by atoms with Gasteiger partial charge in [-0.05, 0) is 106 Å². The fourth-order valence-corrected chi connectivity index (χ4v) is 13.9. The predicted molar refractivity (Wildman–Crippen MR) is 459 cm³/mol. The van der Waals surface area contributed by atoms with Gasteiger partial charge in [-0.25, -0.2) is 0 Å². The first-order chi connectivity index (χ1) is 61.5. The first-order valence-electron chi connectivity index (χ1n) is 41.9. The maximum atomic E-state index is 15.7. The number of carbonyl (C=O) groups excluding carboxylic acids is 16. The highest BCUT2D eigenvalue weighted by Gasteiger charge is 2.44. The van der Waals surface area contributed by atoms with Crippen LogP contribution in [0, 0.1) is 11.8 Å². The summed E-state index contributed by atoms with van der Waals surface area (Å²) in [5, 5.41) is 118. The number of carbonyl (C=O) groups is 18. The van der Waals surface area contributed by atoms with E-state index in [4.69, 9.17) is 32.5 Å². The molecule has 3 aromatic carbocycles. The van der Waals surface area contributed by atoms with Gasteiger partial charge in [0.05, 0.1) is 57.4 Å². The summed E-state index contributed by atoms with van der Waals surface area (Å²) < 4.78 is 11.1. The quantitative estimate of drug-likeness (QED) is 0.0111. The summed E-state index contributed by atoms with van der Waals surface area (Å²) >= 11 is 6.08. The highest BCUT2D eigenvalue weighted by molar-refractivity contribution is 6.31. The third kappa shape index (κ3) is 34.1. The number of aliphatic hydroxyl groups is 6. The van der Waals surface area contributed by atoms with Crippen molar-refractivity contribution in [3.8, 4) is 5.75 Å². The van der Waals surface area contributed by atoms with Crippen LogP contribution >= 0.6 is 11.6 Å². The van der Waals surface area contributed by atoms with Gasteiger partial charge in [-0.3, -0.25) is 86.3 Å². The molecule has 3 aliphatic rings. The molecule has 0 bridgehead atoms. The third-order valence-corrected chi connectivity index (χ3v) is 20.8. The van der Waals surface area contributed by atoms with Gasteiger partial charge in [-0.1, -0.05) is 100.0 Å². The van der Waals surface area contributed by atoms with E-state index in [1.807, 2.05) is 19.9 Å². The molecule has 3 saturated heterocycles. The van der Waals surface area contributed by atoms with Crippen molar-refractivity contribution in [2.24, 2.45) is 17.6 Å². The van der Waals surface area contributed by atoms with Gasteiger partial charge >= 0.3 is 11.9 Å². The van der Waals surface area contributed by atoms with Crippen LogP contribution in [0.15, 0.2) is 97.1 Å². The Morgan fingerprint density at radius 3 is 1.92 bits per heavy atom. The Morgan fingerprint density at radius 1 is 0.669 bits per heavy atom. The van der Waals surface area contributed by atoms with Crippen molar-refractivity contribution >= 4 is 124 Å². The molecular formula is C84H116ClN17O28. The van der Waals surface area contributed by atoms with E-state index < -0.39 is 280 Å². The first kappa shape index (κ1) is 106. The van der Waals surface area contributed by atoms with Crippen molar-refractivity contribution in [1.82, 2.24) is 79.3 Å². The van der Waals surface area contributed by atoms with E-state index in [9.17, 15) is 108 Å². The van der Waals surface area contributed by atoms with Crippen LogP contribution in [-0.4, -0.2) is 301 Å². The minimum atomic E-state index is -2.50. The maximum Gasteiger partial charge on any atom is 0.306 e. The molecule has 712 valence electrons. The average Bonchev–Trinajstić information content (AvgIpc) is 1.59. The number of ketones is 1. The lowest BCUT2D eigenvalue weighted by molar-refractivity contribution is -0.242. The second-order valence-corrected chi connectivity index (χ2v) is 32.4. The summed E-state index contributed by atoms with van der Waals surface area (Å²) in [7, 11) is 0. The number of carboxylic acids is 2. The number of halogens is 1. The zero-order chi connectivity index (χ0) is 96.3. The van der Waals surface area contributed by atoms with E-state index in [2.05, 4.69) is 74.4 Å². The summed E-state index contributed by atoms with van der Waals surface area (Å²) in [6.07, 6.45) is -10.3. The predicted octanol–water partition coefficient (Wildman–Crippen LogP) is -6.35. The highest BCUT2D eigenvalue weighted by atomic mass is 35.5. The molecule has 45 nitrogen and oxygen atoms in total. The van der Waals surface area contributed by atoms with Gasteiger partial charge in [-0.15, -0.1) is 0 Å². The van der Waals surface area contributed by atoms with Crippen LogP contribution in [-0.2, 0) is 92.7 Å². The molecule has 0 aromatic heterocycles. The Bertz CT molecular complexity index is 4570. The summed E-state index contributed by atoms with van der Waals surface area (Å²) in [5.74, 6) is -22.5. The summed E-state index contributed by atoms with van der Waals surface area (Å²) in [6.45, 7) is 5.16. The van der Waals surface area contributed by atoms with Gasteiger partial charge < -0.3 is 141 Å². The molecule has 3 heterocycles. The van der Waals surface area contributed by atoms with Gasteiger partial charge in [0.1, 0.15) is 90.5 Å². The molecule has 0 radical (unpaired) electrons. The van der Waals surface area contributed by atoms with E-state index in [-0.39, 0.29) is 97.2 Å². The monoisotopic (exact) mass is 1850 g/mol. The van der Waals surface area contributed by atoms with Gasteiger partial charge in [-0.2, -0.15) is 0 Å². The van der Waals surface area contributed by atoms with Gasteiger partial charge in [0.25, 0.3) is 0 Å². The number of nitrogen functional groups attached to an aromatic ring is 1. The molecule has 18 atom stereocenters. The van der Waals surface area contributed by atoms with E-state index >= 15 is 19.2 Å². The summed E-state index contributed by atoms with van der Waals surface area (Å²) in [5.41, 5.74) is 11.8. The molecule has 0 spiro atoms. The van der Waals surface area contributed by atoms with Crippen molar-refractivity contribution in [1.29, 1.82) is 0 Å². The molecule has 46 heteroatoms. The fraction of sp³-hybridized carbons (Fsp3) is 0.524. The number of aliphatic carboxylic acids is 2. The lowest BCUT2D eigenvalue weighted by Gasteiger charge is -2.34. The first-order valence-corrected chi connectivity index (χ1v) is 42.3. The lowest BCUT2D eigenvalue weighted by Crippen LogP contribution is -2.65. The largest absolute Gasteiger partial charge is 0.481 e. The van der Waals surface area contributed by atoms with Gasteiger partial charge in [0.2, 0.25) is 94.9 Å². The van der Waals surface area contributed by atoms with Crippen LogP contribution in [0.25, 0.3) is 0 Å². The van der Waals surface area contributed by atoms with E-state index in [0.717, 1.165) is 11.8 Å². The molecule has 0 aliphatic carbocycles. The summed E-state index contributed by atoms with van der Waals surface area (Å²) in [6, 6.07) is -6.58. The maximum absolute atomic E-state index is 15.7. The minimum Gasteiger partial charge on any atom is -0.481 e. The van der Waals surface area contributed by atoms with Crippen molar-refractivity contribution in [3.63, 3.8) is 0 Å². The second kappa shape index (κ2) is 52.1. The topological polar surface area (TPSA) is 711 Å². The number of fused-ring (bicyclic) bond motifs is 1. The smallest absolute Gasteiger partial charge is 0.306 e. The number of amides is 15. The molecule has 130 heavy (non-hydrogen) atoms. The number of nitrogens with zero attached hydrogens (tertiary/aromatic N) is 1. The van der Waals surface area contributed by atoms with E-state index in [1.54, 1.807) is 26.0 Å². The van der Waals surface area contributed by atoms with Crippen LogP contribution < -0.4 is 90.6 Å².